The van der Waals surface area contributed by atoms with E-state index in [1.54, 1.807) is 24.3 Å². The molecular formula is C13H14Cl2N2O2. The zero-order valence-electron chi connectivity index (χ0n) is 10.4. The number of halogens is 2. The Morgan fingerprint density at radius 3 is 2.58 bits per heavy atom. The maximum atomic E-state index is 11.5. The maximum Gasteiger partial charge on any atom is 0.244 e. The van der Waals surface area contributed by atoms with Crippen molar-refractivity contribution in [3.63, 3.8) is 0 Å². The lowest BCUT2D eigenvalue weighted by Gasteiger charge is -2.03. The molecule has 0 bridgehead atoms. The minimum atomic E-state index is -0.263. The quantitative estimate of drug-likeness (QED) is 0.647. The molecule has 0 unspecified atom stereocenters. The van der Waals surface area contributed by atoms with Gasteiger partial charge >= 0.3 is 0 Å². The average Bonchev–Trinajstić information content (AvgIpc) is 2.36. The Morgan fingerprint density at radius 1 is 1.21 bits per heavy atom. The van der Waals surface area contributed by atoms with E-state index in [9.17, 15) is 9.59 Å². The summed E-state index contributed by atoms with van der Waals surface area (Å²) in [5, 5.41) is 6.05. The first-order valence-corrected chi connectivity index (χ1v) is 6.40. The molecule has 4 nitrogen and oxygen atoms in total. The van der Waals surface area contributed by atoms with Gasteiger partial charge in [0.2, 0.25) is 11.8 Å². The molecule has 0 fully saturated rings. The van der Waals surface area contributed by atoms with Gasteiger partial charge in [0.05, 0.1) is 10.0 Å². The third-order valence-electron chi connectivity index (χ3n) is 2.19. The lowest BCUT2D eigenvalue weighted by molar-refractivity contribution is -0.119. The molecule has 0 aromatic heterocycles. The summed E-state index contributed by atoms with van der Waals surface area (Å²) in [5.74, 6) is -0.392. The van der Waals surface area contributed by atoms with Crippen LogP contribution in [0.15, 0.2) is 24.3 Å². The van der Waals surface area contributed by atoms with Crippen LogP contribution in [-0.2, 0) is 9.59 Å². The van der Waals surface area contributed by atoms with Crippen LogP contribution < -0.4 is 10.6 Å². The SMILES string of the molecule is CC(=O)NCCNC(=O)/C=C/c1cccc(Cl)c1Cl. The molecule has 0 aliphatic heterocycles. The van der Waals surface area contributed by atoms with Gasteiger partial charge in [-0.3, -0.25) is 9.59 Å². The molecule has 2 amide bonds. The van der Waals surface area contributed by atoms with E-state index in [2.05, 4.69) is 10.6 Å². The monoisotopic (exact) mass is 300 g/mol. The highest BCUT2D eigenvalue weighted by atomic mass is 35.5. The summed E-state index contributed by atoms with van der Waals surface area (Å²) in [7, 11) is 0. The van der Waals surface area contributed by atoms with Crippen molar-refractivity contribution in [2.75, 3.05) is 13.1 Å². The van der Waals surface area contributed by atoms with Crippen LogP contribution in [0.1, 0.15) is 12.5 Å². The molecule has 0 atom stereocenters. The minimum absolute atomic E-state index is 0.129. The average molecular weight is 301 g/mol. The van der Waals surface area contributed by atoms with Crippen LogP contribution in [0.5, 0.6) is 0 Å². The van der Waals surface area contributed by atoms with Crippen LogP contribution >= 0.6 is 23.2 Å². The van der Waals surface area contributed by atoms with Crippen molar-refractivity contribution in [1.82, 2.24) is 10.6 Å². The van der Waals surface area contributed by atoms with Gasteiger partial charge in [-0.1, -0.05) is 35.3 Å². The Morgan fingerprint density at radius 2 is 1.89 bits per heavy atom. The molecular weight excluding hydrogens is 287 g/mol. The van der Waals surface area contributed by atoms with Crippen LogP contribution in [0.4, 0.5) is 0 Å². The number of carbonyl (C=O) groups is 2. The van der Waals surface area contributed by atoms with Crippen LogP contribution in [0.3, 0.4) is 0 Å². The normalized spacial score (nSPS) is 10.5. The highest BCUT2D eigenvalue weighted by Gasteiger charge is 2.01. The van der Waals surface area contributed by atoms with Gasteiger partial charge in [0.1, 0.15) is 0 Å². The minimum Gasteiger partial charge on any atom is -0.355 e. The molecule has 19 heavy (non-hydrogen) atoms. The van der Waals surface area contributed by atoms with Gasteiger partial charge in [-0.05, 0) is 17.7 Å². The van der Waals surface area contributed by atoms with E-state index in [0.29, 0.717) is 28.7 Å². The first-order valence-electron chi connectivity index (χ1n) is 5.65. The summed E-state index contributed by atoms with van der Waals surface area (Å²) in [6.45, 7) is 2.18. The summed E-state index contributed by atoms with van der Waals surface area (Å²) < 4.78 is 0. The first-order chi connectivity index (χ1) is 9.00. The molecule has 6 heteroatoms. The van der Waals surface area contributed by atoms with Crippen molar-refractivity contribution in [1.29, 1.82) is 0 Å². The summed E-state index contributed by atoms with van der Waals surface area (Å²) in [5.41, 5.74) is 0.672. The van der Waals surface area contributed by atoms with Crippen LogP contribution in [0.25, 0.3) is 6.08 Å². The van der Waals surface area contributed by atoms with E-state index in [-0.39, 0.29) is 11.8 Å². The second-order valence-electron chi connectivity index (χ2n) is 3.75. The van der Waals surface area contributed by atoms with Crippen LogP contribution in [0.2, 0.25) is 10.0 Å². The van der Waals surface area contributed by atoms with Crippen molar-refractivity contribution < 1.29 is 9.59 Å². The van der Waals surface area contributed by atoms with Crippen LogP contribution in [-0.4, -0.2) is 24.9 Å². The van der Waals surface area contributed by atoms with Crippen LogP contribution in [0, 0.1) is 0 Å². The van der Waals surface area contributed by atoms with Gasteiger partial charge in [-0.25, -0.2) is 0 Å². The van der Waals surface area contributed by atoms with Gasteiger partial charge in [0, 0.05) is 26.1 Å². The smallest absolute Gasteiger partial charge is 0.244 e. The molecule has 0 saturated carbocycles. The Hall–Kier alpha value is -1.52. The largest absolute Gasteiger partial charge is 0.355 e. The van der Waals surface area contributed by atoms with Gasteiger partial charge in [0.25, 0.3) is 0 Å². The van der Waals surface area contributed by atoms with Crippen molar-refractivity contribution in [2.24, 2.45) is 0 Å². The number of nitrogens with one attached hydrogen (secondary N) is 2. The lowest BCUT2D eigenvalue weighted by atomic mass is 10.2. The summed E-state index contributed by atoms with van der Waals surface area (Å²) in [6.07, 6.45) is 2.95. The fourth-order valence-corrected chi connectivity index (χ4v) is 1.67. The number of benzene rings is 1. The number of hydrogen-bond acceptors (Lipinski definition) is 2. The van der Waals surface area contributed by atoms with Crippen molar-refractivity contribution in [3.05, 3.63) is 39.9 Å². The summed E-state index contributed by atoms with van der Waals surface area (Å²) in [6, 6.07) is 5.19. The Balaban J connectivity index is 2.45. The molecule has 0 saturated heterocycles. The second kappa shape index (κ2) is 7.81. The van der Waals surface area contributed by atoms with E-state index in [0.717, 1.165) is 0 Å². The molecule has 0 heterocycles. The third-order valence-corrected chi connectivity index (χ3v) is 3.03. The molecule has 102 valence electrons. The zero-order chi connectivity index (χ0) is 14.3. The summed E-state index contributed by atoms with van der Waals surface area (Å²) in [4.78, 5) is 22.1. The fourth-order valence-electron chi connectivity index (χ4n) is 1.30. The molecule has 0 spiro atoms. The van der Waals surface area contributed by atoms with Gasteiger partial charge in [0.15, 0.2) is 0 Å². The van der Waals surface area contributed by atoms with E-state index >= 15 is 0 Å². The van der Waals surface area contributed by atoms with E-state index in [1.165, 1.54) is 13.0 Å². The summed E-state index contributed by atoms with van der Waals surface area (Å²) >= 11 is 11.8. The second-order valence-corrected chi connectivity index (χ2v) is 4.54. The van der Waals surface area contributed by atoms with Gasteiger partial charge < -0.3 is 10.6 Å². The lowest BCUT2D eigenvalue weighted by Crippen LogP contribution is -2.32. The molecule has 1 aromatic carbocycles. The maximum absolute atomic E-state index is 11.5. The number of rotatable bonds is 5. The zero-order valence-corrected chi connectivity index (χ0v) is 11.9. The van der Waals surface area contributed by atoms with E-state index < -0.39 is 0 Å². The Labute approximate surface area is 121 Å². The van der Waals surface area contributed by atoms with Crippen molar-refractivity contribution >= 4 is 41.1 Å². The topological polar surface area (TPSA) is 58.2 Å². The van der Waals surface area contributed by atoms with E-state index in [1.807, 2.05) is 0 Å². The Kier molecular flexibility index (Phi) is 6.39. The highest BCUT2D eigenvalue weighted by molar-refractivity contribution is 6.42. The molecule has 2 N–H and O–H groups in total. The number of carbonyl (C=O) groups excluding carboxylic acids is 2. The molecule has 0 radical (unpaired) electrons. The fraction of sp³-hybridized carbons (Fsp3) is 0.231. The third kappa shape index (κ3) is 5.77. The van der Waals surface area contributed by atoms with Gasteiger partial charge in [-0.15, -0.1) is 0 Å². The van der Waals surface area contributed by atoms with E-state index in [4.69, 9.17) is 23.2 Å². The predicted molar refractivity (Wildman–Crippen MR) is 77.2 cm³/mol. The molecule has 1 rings (SSSR count). The van der Waals surface area contributed by atoms with Crippen molar-refractivity contribution in [2.45, 2.75) is 6.92 Å². The first kappa shape index (κ1) is 15.5. The Bertz CT molecular complexity index is 501. The number of amides is 2. The predicted octanol–water partition coefficient (Wildman–Crippen LogP) is 2.26. The molecule has 1 aromatic rings. The molecule has 0 aliphatic rings. The highest BCUT2D eigenvalue weighted by Crippen LogP contribution is 2.26. The van der Waals surface area contributed by atoms with Gasteiger partial charge in [-0.2, -0.15) is 0 Å². The standard InChI is InChI=1S/C13H14Cl2N2O2/c1-9(18)16-7-8-17-12(19)6-5-10-3-2-4-11(14)13(10)15/h2-6H,7-8H2,1H3,(H,16,18)(H,17,19)/b6-5+. The van der Waals surface area contributed by atoms with Crippen molar-refractivity contribution in [3.8, 4) is 0 Å². The number of hydrogen-bond donors (Lipinski definition) is 2. The molecule has 0 aliphatic carbocycles.